The number of nitrogens with two attached hydrogens (primary N) is 1. The van der Waals surface area contributed by atoms with Crippen molar-refractivity contribution in [1.29, 1.82) is 0 Å². The van der Waals surface area contributed by atoms with Crippen LogP contribution in [0.5, 0.6) is 0 Å². The maximum absolute atomic E-state index is 13.9. The van der Waals surface area contributed by atoms with Crippen molar-refractivity contribution < 1.29 is 9.18 Å². The average molecular weight is 264 g/mol. The van der Waals surface area contributed by atoms with E-state index in [2.05, 4.69) is 5.10 Å². The molecule has 1 aromatic heterocycles. The second-order valence-corrected chi connectivity index (χ2v) is 4.73. The highest BCUT2D eigenvalue weighted by atomic mass is 19.1. The summed E-state index contributed by atoms with van der Waals surface area (Å²) in [6.45, 7) is 1.41. The van der Waals surface area contributed by atoms with Crippen molar-refractivity contribution in [3.8, 4) is 0 Å². The van der Waals surface area contributed by atoms with E-state index in [1.54, 1.807) is 12.1 Å². The zero-order valence-electron chi connectivity index (χ0n) is 11.1. The van der Waals surface area contributed by atoms with Crippen LogP contribution in [0.15, 0.2) is 18.2 Å². The molecule has 0 radical (unpaired) electrons. The van der Waals surface area contributed by atoms with E-state index in [1.807, 2.05) is 19.0 Å². The maximum Gasteiger partial charge on any atom is 0.269 e. The predicted molar refractivity (Wildman–Crippen MR) is 71.4 cm³/mol. The van der Waals surface area contributed by atoms with Gasteiger partial charge in [-0.3, -0.25) is 9.48 Å². The molecule has 1 aromatic carbocycles. The number of hydrogen-bond acceptors (Lipinski definition) is 3. The third kappa shape index (κ3) is 2.73. The molecule has 0 bridgehead atoms. The standard InChI is InChI=1S/C13H17FN4O/c1-17(2)7-4-8-18-12-9(5-3-6-10(12)14)11(16-18)13(15)19/h3,5-6H,4,7-8H2,1-2H3,(H2,15,19). The maximum atomic E-state index is 13.9. The van der Waals surface area contributed by atoms with Crippen molar-refractivity contribution in [2.75, 3.05) is 20.6 Å². The molecule has 19 heavy (non-hydrogen) atoms. The van der Waals surface area contributed by atoms with E-state index in [-0.39, 0.29) is 11.5 Å². The number of primary amides is 1. The Morgan fingerprint density at radius 3 is 2.84 bits per heavy atom. The van der Waals surface area contributed by atoms with Crippen LogP contribution < -0.4 is 5.73 Å². The van der Waals surface area contributed by atoms with Gasteiger partial charge in [0.05, 0.1) is 0 Å². The van der Waals surface area contributed by atoms with Crippen molar-refractivity contribution in [2.24, 2.45) is 5.73 Å². The number of carbonyl (C=O) groups is 1. The van der Waals surface area contributed by atoms with E-state index >= 15 is 0 Å². The monoisotopic (exact) mass is 264 g/mol. The van der Waals surface area contributed by atoms with Gasteiger partial charge in [-0.25, -0.2) is 4.39 Å². The first-order valence-corrected chi connectivity index (χ1v) is 6.10. The Morgan fingerprint density at radius 1 is 1.47 bits per heavy atom. The smallest absolute Gasteiger partial charge is 0.269 e. The van der Waals surface area contributed by atoms with Crippen LogP contribution in [0.1, 0.15) is 16.9 Å². The van der Waals surface area contributed by atoms with E-state index in [4.69, 9.17) is 5.73 Å². The van der Waals surface area contributed by atoms with Crippen LogP contribution in [0, 0.1) is 5.82 Å². The van der Waals surface area contributed by atoms with Crippen LogP contribution in [0.3, 0.4) is 0 Å². The van der Waals surface area contributed by atoms with E-state index in [0.717, 1.165) is 13.0 Å². The molecule has 2 aromatic rings. The lowest BCUT2D eigenvalue weighted by molar-refractivity contribution is 0.0996. The molecule has 0 aliphatic rings. The van der Waals surface area contributed by atoms with Gasteiger partial charge in [0.1, 0.15) is 11.3 Å². The molecule has 6 heteroatoms. The molecule has 1 amide bonds. The van der Waals surface area contributed by atoms with Crippen molar-refractivity contribution in [1.82, 2.24) is 14.7 Å². The minimum atomic E-state index is -0.637. The minimum Gasteiger partial charge on any atom is -0.364 e. The highest BCUT2D eigenvalue weighted by Crippen LogP contribution is 2.21. The normalized spacial score (nSPS) is 11.4. The van der Waals surface area contributed by atoms with Crippen LogP contribution in [0.25, 0.3) is 10.9 Å². The molecule has 2 N–H and O–H groups in total. The van der Waals surface area contributed by atoms with Gasteiger partial charge in [0.25, 0.3) is 5.91 Å². The summed E-state index contributed by atoms with van der Waals surface area (Å²) in [6.07, 6.45) is 0.816. The van der Waals surface area contributed by atoms with Crippen LogP contribution in [-0.4, -0.2) is 41.2 Å². The minimum absolute atomic E-state index is 0.124. The van der Waals surface area contributed by atoms with Gasteiger partial charge < -0.3 is 10.6 Å². The lowest BCUT2D eigenvalue weighted by Crippen LogP contribution is -2.16. The first-order chi connectivity index (χ1) is 9.00. The van der Waals surface area contributed by atoms with Gasteiger partial charge in [0, 0.05) is 11.9 Å². The summed E-state index contributed by atoms with van der Waals surface area (Å²) in [7, 11) is 3.94. The van der Waals surface area contributed by atoms with Gasteiger partial charge in [0.15, 0.2) is 5.69 Å². The summed E-state index contributed by atoms with van der Waals surface area (Å²) in [5.74, 6) is -1.02. The fourth-order valence-electron chi connectivity index (χ4n) is 2.07. The number of fused-ring (bicyclic) bond motifs is 1. The fourth-order valence-corrected chi connectivity index (χ4v) is 2.07. The number of para-hydroxylation sites is 1. The van der Waals surface area contributed by atoms with Gasteiger partial charge in [-0.15, -0.1) is 0 Å². The lowest BCUT2D eigenvalue weighted by Gasteiger charge is -2.09. The van der Waals surface area contributed by atoms with E-state index < -0.39 is 5.91 Å². The summed E-state index contributed by atoms with van der Waals surface area (Å²) >= 11 is 0. The highest BCUT2D eigenvalue weighted by Gasteiger charge is 2.17. The Hall–Kier alpha value is -1.95. The second-order valence-electron chi connectivity index (χ2n) is 4.73. The van der Waals surface area contributed by atoms with Crippen LogP contribution in [0.2, 0.25) is 0 Å². The molecule has 102 valence electrons. The van der Waals surface area contributed by atoms with E-state index in [9.17, 15) is 9.18 Å². The topological polar surface area (TPSA) is 64.2 Å². The number of benzene rings is 1. The Balaban J connectivity index is 2.40. The van der Waals surface area contributed by atoms with Crippen molar-refractivity contribution in [2.45, 2.75) is 13.0 Å². The lowest BCUT2D eigenvalue weighted by atomic mass is 10.2. The zero-order chi connectivity index (χ0) is 14.0. The Kier molecular flexibility index (Phi) is 3.80. The first kappa shape index (κ1) is 13.5. The van der Waals surface area contributed by atoms with Crippen LogP contribution in [-0.2, 0) is 6.54 Å². The number of aromatic nitrogens is 2. The van der Waals surface area contributed by atoms with E-state index in [1.165, 1.54) is 10.7 Å². The third-order valence-corrected chi connectivity index (χ3v) is 2.93. The molecule has 0 fully saturated rings. The molecular weight excluding hydrogens is 247 g/mol. The third-order valence-electron chi connectivity index (χ3n) is 2.93. The van der Waals surface area contributed by atoms with Gasteiger partial charge >= 0.3 is 0 Å². The van der Waals surface area contributed by atoms with Crippen molar-refractivity contribution >= 4 is 16.8 Å². The highest BCUT2D eigenvalue weighted by molar-refractivity contribution is 6.04. The average Bonchev–Trinajstić information content (AvgIpc) is 2.69. The van der Waals surface area contributed by atoms with Crippen LogP contribution >= 0.6 is 0 Å². The molecule has 2 rings (SSSR count). The number of carbonyl (C=O) groups excluding carboxylic acids is 1. The molecule has 1 heterocycles. The number of hydrogen-bond donors (Lipinski definition) is 1. The van der Waals surface area contributed by atoms with Crippen molar-refractivity contribution in [3.63, 3.8) is 0 Å². The number of aryl methyl sites for hydroxylation is 1. The van der Waals surface area contributed by atoms with Crippen molar-refractivity contribution in [3.05, 3.63) is 29.7 Å². The van der Waals surface area contributed by atoms with Crippen LogP contribution in [0.4, 0.5) is 4.39 Å². The van der Waals surface area contributed by atoms with E-state index in [0.29, 0.717) is 17.4 Å². The molecule has 0 spiro atoms. The molecule has 0 unspecified atom stereocenters. The Morgan fingerprint density at radius 2 is 2.21 bits per heavy atom. The Labute approximate surface area is 110 Å². The molecular formula is C13H17FN4O. The molecule has 5 nitrogen and oxygen atoms in total. The van der Waals surface area contributed by atoms with Gasteiger partial charge in [-0.05, 0) is 33.1 Å². The SMILES string of the molecule is CN(C)CCCn1nc(C(N)=O)c2cccc(F)c21. The number of halogens is 1. The van der Waals surface area contributed by atoms with Gasteiger partial charge in [-0.1, -0.05) is 12.1 Å². The summed E-state index contributed by atoms with van der Waals surface area (Å²) in [6, 6.07) is 4.57. The quantitative estimate of drug-likeness (QED) is 0.883. The number of nitrogens with zero attached hydrogens (tertiary/aromatic N) is 3. The molecule has 0 atom stereocenters. The zero-order valence-corrected chi connectivity index (χ0v) is 11.1. The number of rotatable bonds is 5. The number of amides is 1. The molecule has 0 saturated carbocycles. The molecule has 0 aliphatic heterocycles. The van der Waals surface area contributed by atoms with Gasteiger partial charge in [0.2, 0.25) is 0 Å². The summed E-state index contributed by atoms with van der Waals surface area (Å²) < 4.78 is 15.4. The molecule has 0 saturated heterocycles. The molecule has 0 aliphatic carbocycles. The summed E-state index contributed by atoms with van der Waals surface area (Å²) in [5, 5.41) is 4.60. The van der Waals surface area contributed by atoms with Gasteiger partial charge in [-0.2, -0.15) is 5.10 Å². The second kappa shape index (κ2) is 5.36. The summed E-state index contributed by atoms with van der Waals surface area (Å²) in [5.41, 5.74) is 5.74. The Bertz CT molecular complexity index is 606. The fraction of sp³-hybridized carbons (Fsp3) is 0.385. The summed E-state index contributed by atoms with van der Waals surface area (Å²) in [4.78, 5) is 13.4. The first-order valence-electron chi connectivity index (χ1n) is 6.10. The largest absolute Gasteiger partial charge is 0.364 e. The predicted octanol–water partition coefficient (Wildman–Crippen LogP) is 1.23.